The molecular weight excluding hydrogens is 364 g/mol. The summed E-state index contributed by atoms with van der Waals surface area (Å²) in [5.41, 5.74) is 0.799. The number of ether oxygens (including phenoxy) is 1. The van der Waals surface area contributed by atoms with E-state index in [0.29, 0.717) is 5.75 Å². The van der Waals surface area contributed by atoms with Crippen LogP contribution in [0.15, 0.2) is 39.4 Å². The van der Waals surface area contributed by atoms with Crippen LogP contribution < -0.4 is 4.74 Å². The Balaban J connectivity index is 2.01. The van der Waals surface area contributed by atoms with Crippen molar-refractivity contribution in [2.24, 2.45) is 0 Å². The molecule has 0 atom stereocenters. The normalized spacial score (nSPS) is 10.4. The van der Waals surface area contributed by atoms with Gasteiger partial charge in [-0.1, -0.05) is 15.9 Å². The van der Waals surface area contributed by atoms with E-state index in [1.807, 2.05) is 19.1 Å². The van der Waals surface area contributed by atoms with Crippen molar-refractivity contribution in [3.05, 3.63) is 45.1 Å². The summed E-state index contributed by atoms with van der Waals surface area (Å²) in [6, 6.07) is 7.27. The smallest absolute Gasteiger partial charge is 0.284 e. The first-order valence-electron chi connectivity index (χ1n) is 5.19. The van der Waals surface area contributed by atoms with E-state index in [-0.39, 0.29) is 12.5 Å². The van der Waals surface area contributed by atoms with Crippen LogP contribution >= 0.6 is 31.9 Å². The number of aryl methyl sites for hydroxylation is 1. The minimum Gasteiger partial charge on any atom is -0.482 e. The summed E-state index contributed by atoms with van der Waals surface area (Å²) in [6.45, 7) is 1.78. The summed E-state index contributed by atoms with van der Waals surface area (Å²) in [7, 11) is 0. The number of carbonyl (C=O) groups is 1. The average molecular weight is 374 g/mol. The number of nitrogens with zero attached hydrogens (tertiary/aromatic N) is 2. The third-order valence-electron chi connectivity index (χ3n) is 2.22. The maximum Gasteiger partial charge on any atom is 0.284 e. The van der Waals surface area contributed by atoms with E-state index >= 15 is 0 Å². The molecule has 1 aromatic heterocycles. The van der Waals surface area contributed by atoms with Gasteiger partial charge in [0.2, 0.25) is 0 Å². The lowest BCUT2D eigenvalue weighted by atomic mass is 10.3. The van der Waals surface area contributed by atoms with Crippen molar-refractivity contribution in [3.8, 4) is 5.75 Å². The van der Waals surface area contributed by atoms with E-state index in [1.165, 1.54) is 4.68 Å². The van der Waals surface area contributed by atoms with Crippen LogP contribution in [0.1, 0.15) is 10.5 Å². The van der Waals surface area contributed by atoms with Crippen LogP contribution in [0.25, 0.3) is 0 Å². The number of hydrogen-bond acceptors (Lipinski definition) is 3. The second kappa shape index (κ2) is 5.67. The van der Waals surface area contributed by atoms with Gasteiger partial charge < -0.3 is 4.74 Å². The van der Waals surface area contributed by atoms with Crippen molar-refractivity contribution in [1.82, 2.24) is 9.78 Å². The Kier molecular flexibility index (Phi) is 4.19. The second-order valence-electron chi connectivity index (χ2n) is 3.66. The van der Waals surface area contributed by atoms with E-state index in [0.717, 1.165) is 14.6 Å². The first-order valence-corrected chi connectivity index (χ1v) is 6.78. The van der Waals surface area contributed by atoms with Gasteiger partial charge in [0.15, 0.2) is 6.61 Å². The Labute approximate surface area is 121 Å². The Bertz CT molecular complexity index is 581. The maximum absolute atomic E-state index is 11.8. The number of hydrogen-bond donors (Lipinski definition) is 0. The first kappa shape index (κ1) is 13.3. The van der Waals surface area contributed by atoms with Crippen LogP contribution in [0.4, 0.5) is 0 Å². The van der Waals surface area contributed by atoms with Crippen molar-refractivity contribution in [1.29, 1.82) is 0 Å². The molecule has 0 saturated heterocycles. The molecular formula is C12H10Br2N2O2. The van der Waals surface area contributed by atoms with E-state index in [4.69, 9.17) is 4.74 Å². The third kappa shape index (κ3) is 3.20. The highest BCUT2D eigenvalue weighted by Gasteiger charge is 2.08. The topological polar surface area (TPSA) is 44.1 Å². The molecule has 0 saturated carbocycles. The largest absolute Gasteiger partial charge is 0.482 e. The summed E-state index contributed by atoms with van der Waals surface area (Å²) < 4.78 is 8.45. The fourth-order valence-corrected chi connectivity index (χ4v) is 2.51. The van der Waals surface area contributed by atoms with Crippen molar-refractivity contribution >= 4 is 37.8 Å². The van der Waals surface area contributed by atoms with Crippen LogP contribution in [0.3, 0.4) is 0 Å². The third-order valence-corrected chi connectivity index (χ3v) is 3.34. The Morgan fingerprint density at radius 1 is 1.39 bits per heavy atom. The van der Waals surface area contributed by atoms with Crippen molar-refractivity contribution < 1.29 is 9.53 Å². The van der Waals surface area contributed by atoms with Gasteiger partial charge >= 0.3 is 0 Å². The Morgan fingerprint density at radius 2 is 2.17 bits per heavy atom. The Hall–Kier alpha value is -1.14. The number of halogens is 2. The average Bonchev–Trinajstić information content (AvgIpc) is 2.74. The minimum absolute atomic E-state index is 0.0542. The molecule has 0 spiro atoms. The highest BCUT2D eigenvalue weighted by molar-refractivity contribution is 9.11. The molecule has 0 aliphatic carbocycles. The van der Waals surface area contributed by atoms with Crippen molar-refractivity contribution in [3.63, 3.8) is 0 Å². The standard InChI is InChI=1S/C12H10Br2N2O2/c1-8-4-5-16(15-8)12(17)7-18-11-3-2-9(13)6-10(11)14/h2-6H,7H2,1H3. The van der Waals surface area contributed by atoms with Gasteiger partial charge in [-0.15, -0.1) is 0 Å². The van der Waals surface area contributed by atoms with Gasteiger partial charge in [0.1, 0.15) is 5.75 Å². The van der Waals surface area contributed by atoms with E-state index < -0.39 is 0 Å². The second-order valence-corrected chi connectivity index (χ2v) is 5.43. The summed E-state index contributed by atoms with van der Waals surface area (Å²) in [4.78, 5) is 11.8. The van der Waals surface area contributed by atoms with Crippen molar-refractivity contribution in [2.75, 3.05) is 6.61 Å². The van der Waals surface area contributed by atoms with Crippen molar-refractivity contribution in [2.45, 2.75) is 6.92 Å². The highest BCUT2D eigenvalue weighted by atomic mass is 79.9. The molecule has 0 aliphatic heterocycles. The number of aromatic nitrogens is 2. The highest BCUT2D eigenvalue weighted by Crippen LogP contribution is 2.28. The van der Waals surface area contributed by atoms with Crippen LogP contribution in [-0.2, 0) is 0 Å². The maximum atomic E-state index is 11.8. The lowest BCUT2D eigenvalue weighted by Crippen LogP contribution is -2.19. The van der Waals surface area contributed by atoms with Gasteiger partial charge in [0.25, 0.3) is 5.91 Å². The van der Waals surface area contributed by atoms with Gasteiger partial charge in [-0.05, 0) is 47.1 Å². The molecule has 0 aliphatic rings. The SMILES string of the molecule is Cc1ccn(C(=O)COc2ccc(Br)cc2Br)n1. The van der Waals surface area contributed by atoms with Gasteiger partial charge in [0, 0.05) is 10.7 Å². The van der Waals surface area contributed by atoms with Crippen LogP contribution in [0, 0.1) is 6.92 Å². The molecule has 0 N–H and O–H groups in total. The zero-order valence-electron chi connectivity index (χ0n) is 9.56. The Morgan fingerprint density at radius 3 is 2.78 bits per heavy atom. The van der Waals surface area contributed by atoms with E-state index in [1.54, 1.807) is 18.3 Å². The summed E-state index contributed by atoms with van der Waals surface area (Å²) >= 11 is 6.72. The van der Waals surface area contributed by atoms with Gasteiger partial charge in [-0.2, -0.15) is 5.10 Å². The molecule has 0 amide bonds. The fourth-order valence-electron chi connectivity index (χ4n) is 1.35. The first-order chi connectivity index (χ1) is 8.56. The molecule has 18 heavy (non-hydrogen) atoms. The summed E-state index contributed by atoms with van der Waals surface area (Å²) in [5, 5.41) is 4.03. The van der Waals surface area contributed by atoms with Crippen LogP contribution in [0.5, 0.6) is 5.75 Å². The van der Waals surface area contributed by atoms with Gasteiger partial charge in [0.05, 0.1) is 10.2 Å². The van der Waals surface area contributed by atoms with E-state index in [2.05, 4.69) is 37.0 Å². The molecule has 2 rings (SSSR count). The molecule has 1 heterocycles. The molecule has 0 radical (unpaired) electrons. The lowest BCUT2D eigenvalue weighted by Gasteiger charge is -2.07. The predicted octanol–water partition coefficient (Wildman–Crippen LogP) is 3.44. The predicted molar refractivity (Wildman–Crippen MR) is 74.9 cm³/mol. The summed E-state index contributed by atoms with van der Waals surface area (Å²) in [5.74, 6) is 0.411. The number of rotatable bonds is 3. The summed E-state index contributed by atoms with van der Waals surface area (Å²) in [6.07, 6.45) is 1.62. The lowest BCUT2D eigenvalue weighted by molar-refractivity contribution is 0.0820. The van der Waals surface area contributed by atoms with E-state index in [9.17, 15) is 4.79 Å². The quantitative estimate of drug-likeness (QED) is 0.827. The molecule has 94 valence electrons. The zero-order valence-corrected chi connectivity index (χ0v) is 12.7. The van der Waals surface area contributed by atoms with Crippen LogP contribution in [-0.4, -0.2) is 22.3 Å². The molecule has 4 nitrogen and oxygen atoms in total. The van der Waals surface area contributed by atoms with Crippen LogP contribution in [0.2, 0.25) is 0 Å². The fraction of sp³-hybridized carbons (Fsp3) is 0.167. The molecule has 6 heteroatoms. The molecule has 2 aromatic rings. The molecule has 0 fully saturated rings. The molecule has 1 aromatic carbocycles. The number of benzene rings is 1. The molecule has 0 unspecified atom stereocenters. The number of carbonyl (C=O) groups excluding carboxylic acids is 1. The minimum atomic E-state index is -0.210. The monoisotopic (exact) mass is 372 g/mol. The van der Waals surface area contributed by atoms with Gasteiger partial charge in [-0.25, -0.2) is 4.68 Å². The van der Waals surface area contributed by atoms with Gasteiger partial charge in [-0.3, -0.25) is 4.79 Å². The molecule has 0 bridgehead atoms. The zero-order chi connectivity index (χ0) is 13.1.